The van der Waals surface area contributed by atoms with E-state index in [1.54, 1.807) is 6.21 Å². The molecule has 0 aliphatic carbocycles. The molecule has 0 bridgehead atoms. The van der Waals surface area contributed by atoms with E-state index in [0.717, 1.165) is 17.7 Å². The van der Waals surface area contributed by atoms with Gasteiger partial charge >= 0.3 is 0 Å². The Balaban J connectivity index is 3.02. The van der Waals surface area contributed by atoms with Gasteiger partial charge in [-0.25, -0.2) is 4.99 Å². The summed E-state index contributed by atoms with van der Waals surface area (Å²) < 4.78 is 5.84. The maximum Gasteiger partial charge on any atom is 0.138 e. The zero-order valence-electron chi connectivity index (χ0n) is 12.7. The van der Waals surface area contributed by atoms with Crippen LogP contribution in [0.1, 0.15) is 19.4 Å². The second-order valence-corrected chi connectivity index (χ2v) is 5.03. The van der Waals surface area contributed by atoms with Gasteiger partial charge in [0, 0.05) is 12.8 Å². The molecule has 1 aromatic rings. The Kier molecular flexibility index (Phi) is 6.99. The molecule has 0 saturated carbocycles. The minimum atomic E-state index is 0.0225. The highest BCUT2D eigenvalue weighted by Gasteiger charge is 2.09. The largest absolute Gasteiger partial charge is 0.488 e. The van der Waals surface area contributed by atoms with Gasteiger partial charge in [-0.05, 0) is 44.2 Å². The Bertz CT molecular complexity index is 552. The molecule has 0 saturated heterocycles. The van der Waals surface area contributed by atoms with E-state index < -0.39 is 0 Å². The van der Waals surface area contributed by atoms with Crippen LogP contribution >= 0.6 is 11.6 Å². The molecular formula is C16H22ClN3O. The number of allylic oxidation sites excluding steroid dienone is 2. The van der Waals surface area contributed by atoms with E-state index in [2.05, 4.69) is 16.9 Å². The average molecular weight is 308 g/mol. The number of likely N-dealkylation sites (N-methyl/N-ethyl adjacent to an activating group) is 1. The summed E-state index contributed by atoms with van der Waals surface area (Å²) in [6.07, 6.45) is 3.64. The van der Waals surface area contributed by atoms with Gasteiger partial charge in [0.1, 0.15) is 17.7 Å². The van der Waals surface area contributed by atoms with Crippen LogP contribution in [0.15, 0.2) is 41.7 Å². The fourth-order valence-electron chi connectivity index (χ4n) is 1.79. The van der Waals surface area contributed by atoms with Gasteiger partial charge in [-0.15, -0.1) is 0 Å². The molecule has 0 fully saturated rings. The molecule has 0 spiro atoms. The summed E-state index contributed by atoms with van der Waals surface area (Å²) >= 11 is 6.18. The van der Waals surface area contributed by atoms with E-state index in [1.807, 2.05) is 45.2 Å². The molecule has 5 heteroatoms. The Morgan fingerprint density at radius 1 is 1.57 bits per heavy atom. The van der Waals surface area contributed by atoms with E-state index in [0.29, 0.717) is 10.8 Å². The van der Waals surface area contributed by atoms with Gasteiger partial charge in [-0.1, -0.05) is 30.3 Å². The molecule has 0 unspecified atom stereocenters. The molecule has 1 rings (SSSR count). The van der Waals surface area contributed by atoms with Crippen LogP contribution in [0, 0.1) is 0 Å². The topological polar surface area (TPSA) is 59.6 Å². The van der Waals surface area contributed by atoms with E-state index in [1.165, 1.54) is 0 Å². The minimum Gasteiger partial charge on any atom is -0.488 e. The minimum absolute atomic E-state index is 0.0225. The van der Waals surface area contributed by atoms with Crippen LogP contribution in [0.4, 0.5) is 0 Å². The van der Waals surface area contributed by atoms with Crippen LogP contribution in [0.5, 0.6) is 5.75 Å². The summed E-state index contributed by atoms with van der Waals surface area (Å²) in [6, 6.07) is 5.63. The SMILES string of the molecule is C=C(N)/N=C\C(=C/C)c1ccc(Cl)c(O[C@@H](C)CNC)c1. The predicted octanol–water partition coefficient (Wildman–Crippen LogP) is 3.23. The molecule has 1 aromatic carbocycles. The van der Waals surface area contributed by atoms with Gasteiger partial charge in [0.05, 0.1) is 5.02 Å². The quantitative estimate of drug-likeness (QED) is 0.760. The second-order valence-electron chi connectivity index (χ2n) is 4.62. The van der Waals surface area contributed by atoms with Crippen molar-refractivity contribution in [3.63, 3.8) is 0 Å². The van der Waals surface area contributed by atoms with Gasteiger partial charge in [-0.2, -0.15) is 0 Å². The number of benzene rings is 1. The predicted molar refractivity (Wildman–Crippen MR) is 90.9 cm³/mol. The van der Waals surface area contributed by atoms with Crippen LogP contribution in [0.25, 0.3) is 5.57 Å². The molecule has 0 heterocycles. The molecule has 0 aliphatic heterocycles. The van der Waals surface area contributed by atoms with Gasteiger partial charge < -0.3 is 15.8 Å². The summed E-state index contributed by atoms with van der Waals surface area (Å²) in [4.78, 5) is 4.02. The lowest BCUT2D eigenvalue weighted by atomic mass is 10.1. The Morgan fingerprint density at radius 3 is 2.86 bits per heavy atom. The van der Waals surface area contributed by atoms with E-state index in [9.17, 15) is 0 Å². The Labute approximate surface area is 131 Å². The highest BCUT2D eigenvalue weighted by atomic mass is 35.5. The fourth-order valence-corrected chi connectivity index (χ4v) is 1.95. The normalized spacial score (nSPS) is 13.4. The summed E-state index contributed by atoms with van der Waals surface area (Å²) in [5, 5.41) is 3.65. The first kappa shape index (κ1) is 17.3. The second kappa shape index (κ2) is 8.49. The number of halogens is 1. The molecule has 3 N–H and O–H groups in total. The first-order valence-electron chi connectivity index (χ1n) is 6.73. The molecular weight excluding hydrogens is 286 g/mol. The summed E-state index contributed by atoms with van der Waals surface area (Å²) in [6.45, 7) is 8.20. The van der Waals surface area contributed by atoms with Crippen LogP contribution in [-0.4, -0.2) is 25.9 Å². The highest BCUT2D eigenvalue weighted by molar-refractivity contribution is 6.32. The Morgan fingerprint density at radius 2 is 2.29 bits per heavy atom. The molecule has 0 aromatic heterocycles. The molecule has 1 atom stereocenters. The van der Waals surface area contributed by atoms with Crippen molar-refractivity contribution in [2.24, 2.45) is 10.7 Å². The number of ether oxygens (including phenoxy) is 1. The van der Waals surface area contributed by atoms with Crippen molar-refractivity contribution in [1.29, 1.82) is 0 Å². The third-order valence-electron chi connectivity index (χ3n) is 2.76. The van der Waals surface area contributed by atoms with Crippen LogP contribution in [0.3, 0.4) is 0 Å². The van der Waals surface area contributed by atoms with Gasteiger partial charge in [0.15, 0.2) is 0 Å². The lowest BCUT2D eigenvalue weighted by molar-refractivity contribution is 0.221. The summed E-state index contributed by atoms with van der Waals surface area (Å²) in [5.74, 6) is 0.915. The van der Waals surface area contributed by atoms with Crippen molar-refractivity contribution >= 4 is 23.4 Å². The van der Waals surface area contributed by atoms with Crippen molar-refractivity contribution in [1.82, 2.24) is 5.32 Å². The fraction of sp³-hybridized carbons (Fsp3) is 0.312. The van der Waals surface area contributed by atoms with E-state index in [4.69, 9.17) is 22.1 Å². The lowest BCUT2D eigenvalue weighted by Crippen LogP contribution is -2.26. The maximum atomic E-state index is 6.18. The lowest BCUT2D eigenvalue weighted by Gasteiger charge is -2.16. The highest BCUT2D eigenvalue weighted by Crippen LogP contribution is 2.29. The molecule has 0 radical (unpaired) electrons. The van der Waals surface area contributed by atoms with Gasteiger partial charge in [0.2, 0.25) is 0 Å². The first-order chi connectivity index (χ1) is 9.97. The number of nitrogens with two attached hydrogens (primary N) is 1. The number of nitrogens with zero attached hydrogens (tertiary/aromatic N) is 1. The van der Waals surface area contributed by atoms with Crippen LogP contribution in [-0.2, 0) is 0 Å². The standard InChI is InChI=1S/C16H22ClN3O/c1-5-13(10-20-12(3)18)14-6-7-15(17)16(8-14)21-11(2)9-19-4/h5-8,10-11,19H,3,9,18H2,1-2,4H3/b13-5+,20-10-/t11-/m0/s1. The Hall–Kier alpha value is -1.78. The number of nitrogens with one attached hydrogen (secondary N) is 1. The van der Waals surface area contributed by atoms with Crippen molar-refractivity contribution in [3.05, 3.63) is 47.3 Å². The van der Waals surface area contributed by atoms with E-state index in [-0.39, 0.29) is 11.9 Å². The number of hydrogen-bond acceptors (Lipinski definition) is 4. The molecule has 114 valence electrons. The summed E-state index contributed by atoms with van der Waals surface area (Å²) in [7, 11) is 1.88. The third kappa shape index (κ3) is 5.61. The van der Waals surface area contributed by atoms with Crippen molar-refractivity contribution in [2.75, 3.05) is 13.6 Å². The van der Waals surface area contributed by atoms with Gasteiger partial charge in [-0.3, -0.25) is 0 Å². The first-order valence-corrected chi connectivity index (χ1v) is 7.11. The third-order valence-corrected chi connectivity index (χ3v) is 3.08. The summed E-state index contributed by atoms with van der Waals surface area (Å²) in [5.41, 5.74) is 7.33. The molecule has 21 heavy (non-hydrogen) atoms. The van der Waals surface area contributed by atoms with Crippen molar-refractivity contribution in [3.8, 4) is 5.75 Å². The average Bonchev–Trinajstić information content (AvgIpc) is 2.42. The van der Waals surface area contributed by atoms with Gasteiger partial charge in [0.25, 0.3) is 0 Å². The van der Waals surface area contributed by atoms with Crippen molar-refractivity contribution < 1.29 is 4.74 Å². The number of hydrogen-bond donors (Lipinski definition) is 2. The number of aliphatic imine (C=N–C) groups is 1. The smallest absolute Gasteiger partial charge is 0.138 e. The molecule has 4 nitrogen and oxygen atoms in total. The zero-order chi connectivity index (χ0) is 15.8. The zero-order valence-corrected chi connectivity index (χ0v) is 13.4. The molecule has 0 amide bonds. The van der Waals surface area contributed by atoms with Crippen LogP contribution in [0.2, 0.25) is 5.02 Å². The monoisotopic (exact) mass is 307 g/mol. The van der Waals surface area contributed by atoms with E-state index >= 15 is 0 Å². The van der Waals surface area contributed by atoms with Crippen molar-refractivity contribution in [2.45, 2.75) is 20.0 Å². The van der Waals surface area contributed by atoms with Crippen LogP contribution < -0.4 is 15.8 Å². The number of rotatable bonds is 7. The molecule has 0 aliphatic rings. The maximum absolute atomic E-state index is 6.18.